The van der Waals surface area contributed by atoms with Crippen molar-refractivity contribution in [1.82, 2.24) is 24.8 Å². The van der Waals surface area contributed by atoms with Crippen molar-refractivity contribution in [2.75, 3.05) is 40.5 Å². The number of rotatable bonds is 12. The zero-order valence-electron chi connectivity index (χ0n) is 21.9. The minimum absolute atomic E-state index is 0.102. The van der Waals surface area contributed by atoms with E-state index < -0.39 is 0 Å². The van der Waals surface area contributed by atoms with Gasteiger partial charge in [0.25, 0.3) is 0 Å². The fourth-order valence-corrected chi connectivity index (χ4v) is 4.77. The molecule has 0 saturated carbocycles. The van der Waals surface area contributed by atoms with Crippen LogP contribution < -0.4 is 19.5 Å². The van der Waals surface area contributed by atoms with Gasteiger partial charge in [-0.2, -0.15) is 0 Å². The molecule has 0 bridgehead atoms. The number of carbonyl (C=O) groups excluding carboxylic acids is 1. The molecule has 0 radical (unpaired) electrons. The molecule has 1 fully saturated rings. The molecule has 0 unspecified atom stereocenters. The molecule has 1 aliphatic rings. The predicted molar refractivity (Wildman–Crippen MR) is 141 cm³/mol. The van der Waals surface area contributed by atoms with Gasteiger partial charge in [0.2, 0.25) is 5.91 Å². The number of nitrogens with zero attached hydrogens (tertiary/aromatic N) is 4. The van der Waals surface area contributed by atoms with E-state index in [1.807, 2.05) is 48.0 Å². The van der Waals surface area contributed by atoms with Crippen LogP contribution in [0.5, 0.6) is 17.2 Å². The van der Waals surface area contributed by atoms with E-state index in [4.69, 9.17) is 14.2 Å². The van der Waals surface area contributed by atoms with Crippen LogP contribution in [0, 0.1) is 18.8 Å². The maximum Gasteiger partial charge on any atom is 0.224 e. The van der Waals surface area contributed by atoms with Crippen LogP contribution in [0.2, 0.25) is 0 Å². The monoisotopic (exact) mass is 507 g/mol. The fraction of sp³-hybridized carbons (Fsp3) is 0.464. The van der Waals surface area contributed by atoms with E-state index in [-0.39, 0.29) is 17.7 Å². The maximum absolute atomic E-state index is 13.2. The molecule has 1 N–H and O–H groups in total. The topological polar surface area (TPSA) is 90.7 Å². The smallest absolute Gasteiger partial charge is 0.224 e. The van der Waals surface area contributed by atoms with Gasteiger partial charge >= 0.3 is 0 Å². The van der Waals surface area contributed by atoms with E-state index in [2.05, 4.69) is 20.2 Å². The molecule has 9 heteroatoms. The molecule has 1 saturated heterocycles. The summed E-state index contributed by atoms with van der Waals surface area (Å²) in [6.07, 6.45) is 8.89. The maximum atomic E-state index is 13.2. The number of imidazole rings is 1. The van der Waals surface area contributed by atoms with Gasteiger partial charge in [0.1, 0.15) is 5.75 Å². The zero-order chi connectivity index (χ0) is 26.0. The van der Waals surface area contributed by atoms with Crippen molar-refractivity contribution in [1.29, 1.82) is 0 Å². The number of likely N-dealkylation sites (tertiary alicyclic amines) is 1. The summed E-state index contributed by atoms with van der Waals surface area (Å²) in [6, 6.07) is 9.86. The number of benzene rings is 1. The predicted octanol–water partition coefficient (Wildman–Crippen LogP) is 3.33. The van der Waals surface area contributed by atoms with E-state index in [1.54, 1.807) is 32.9 Å². The van der Waals surface area contributed by atoms with Crippen molar-refractivity contribution >= 4 is 5.91 Å². The summed E-state index contributed by atoms with van der Waals surface area (Å²) in [4.78, 5) is 23.9. The van der Waals surface area contributed by atoms with Gasteiger partial charge in [0.05, 0.1) is 39.3 Å². The van der Waals surface area contributed by atoms with Crippen molar-refractivity contribution in [3.8, 4) is 17.2 Å². The normalized spacial score (nSPS) is 17.8. The molecule has 3 heterocycles. The Morgan fingerprint density at radius 3 is 2.73 bits per heavy atom. The molecule has 1 amide bonds. The highest BCUT2D eigenvalue weighted by atomic mass is 16.5. The summed E-state index contributed by atoms with van der Waals surface area (Å²) in [6.45, 7) is 6.22. The Bertz CT molecular complexity index is 1120. The standard InChI is InChI=1S/C28H37N5O4/c1-21-5-7-25(15-31-21)37-19-23-13-24(28(34)30-9-4-11-32-12-10-29-20-32)18-33(17-23)16-22-6-8-26(35-2)27(14-22)36-3/h5-8,10,12,14-15,20,23-24H,4,9,11,13,16-19H2,1-3H3,(H,30,34)/t23-,24+/m0/s1. The van der Waals surface area contributed by atoms with Crippen molar-refractivity contribution in [2.45, 2.75) is 32.9 Å². The lowest BCUT2D eigenvalue weighted by atomic mass is 9.88. The van der Waals surface area contributed by atoms with Crippen LogP contribution in [0.4, 0.5) is 0 Å². The quantitative estimate of drug-likeness (QED) is 0.376. The molecule has 37 heavy (non-hydrogen) atoms. The Morgan fingerprint density at radius 1 is 1.14 bits per heavy atom. The van der Waals surface area contributed by atoms with Crippen molar-refractivity contribution in [3.63, 3.8) is 0 Å². The van der Waals surface area contributed by atoms with Crippen LogP contribution in [-0.2, 0) is 17.9 Å². The number of methoxy groups -OCH3 is 2. The summed E-state index contributed by atoms with van der Waals surface area (Å²) in [5.74, 6) is 2.38. The first-order valence-electron chi connectivity index (χ1n) is 12.8. The lowest BCUT2D eigenvalue weighted by Crippen LogP contribution is -2.47. The van der Waals surface area contributed by atoms with Gasteiger partial charge in [-0.25, -0.2) is 4.98 Å². The molecule has 0 aliphatic carbocycles. The van der Waals surface area contributed by atoms with E-state index in [1.165, 1.54) is 0 Å². The lowest BCUT2D eigenvalue weighted by molar-refractivity contribution is -0.127. The van der Waals surface area contributed by atoms with Crippen LogP contribution >= 0.6 is 0 Å². The van der Waals surface area contributed by atoms with Crippen molar-refractivity contribution in [2.24, 2.45) is 11.8 Å². The van der Waals surface area contributed by atoms with Crippen LogP contribution in [0.3, 0.4) is 0 Å². The molecule has 2 atom stereocenters. The van der Waals surface area contributed by atoms with Gasteiger partial charge in [0.15, 0.2) is 11.5 Å². The fourth-order valence-electron chi connectivity index (χ4n) is 4.77. The van der Waals surface area contributed by atoms with Gasteiger partial charge in [-0.3, -0.25) is 14.7 Å². The van der Waals surface area contributed by atoms with Gasteiger partial charge in [-0.05, 0) is 49.6 Å². The van der Waals surface area contributed by atoms with Crippen LogP contribution in [-0.4, -0.2) is 65.8 Å². The number of carbonyl (C=O) groups is 1. The highest BCUT2D eigenvalue weighted by molar-refractivity contribution is 5.79. The number of amides is 1. The largest absolute Gasteiger partial charge is 0.493 e. The number of piperidine rings is 1. The van der Waals surface area contributed by atoms with Gasteiger partial charge in [0, 0.05) is 56.7 Å². The van der Waals surface area contributed by atoms with Crippen LogP contribution in [0.25, 0.3) is 0 Å². The summed E-state index contributed by atoms with van der Waals surface area (Å²) >= 11 is 0. The number of nitrogens with one attached hydrogen (secondary N) is 1. The van der Waals surface area contributed by atoms with E-state index in [0.29, 0.717) is 37.7 Å². The number of ether oxygens (including phenoxy) is 3. The minimum Gasteiger partial charge on any atom is -0.493 e. The second kappa shape index (κ2) is 13.1. The molecule has 0 spiro atoms. The van der Waals surface area contributed by atoms with Crippen LogP contribution in [0.1, 0.15) is 24.1 Å². The third-order valence-electron chi connectivity index (χ3n) is 6.66. The Kier molecular flexibility index (Phi) is 9.37. The molecule has 9 nitrogen and oxygen atoms in total. The van der Waals surface area contributed by atoms with Crippen LogP contribution in [0.15, 0.2) is 55.2 Å². The van der Waals surface area contributed by atoms with Gasteiger partial charge in [-0.1, -0.05) is 6.07 Å². The van der Waals surface area contributed by atoms with Crippen molar-refractivity contribution in [3.05, 3.63) is 66.5 Å². The molecular formula is C28H37N5O4. The molecule has 1 aliphatic heterocycles. The third-order valence-corrected chi connectivity index (χ3v) is 6.66. The number of aromatic nitrogens is 3. The Balaban J connectivity index is 1.38. The Labute approximate surface area is 218 Å². The second-order valence-electron chi connectivity index (χ2n) is 9.57. The first kappa shape index (κ1) is 26.5. The second-order valence-corrected chi connectivity index (χ2v) is 9.57. The number of hydrogen-bond donors (Lipinski definition) is 1. The Morgan fingerprint density at radius 2 is 2.00 bits per heavy atom. The number of pyridine rings is 1. The molecule has 198 valence electrons. The molecule has 4 rings (SSSR count). The highest BCUT2D eigenvalue weighted by Crippen LogP contribution is 2.30. The van der Waals surface area contributed by atoms with E-state index in [9.17, 15) is 4.79 Å². The van der Waals surface area contributed by atoms with E-state index >= 15 is 0 Å². The molecule has 3 aromatic rings. The average Bonchev–Trinajstić information content (AvgIpc) is 3.44. The summed E-state index contributed by atoms with van der Waals surface area (Å²) < 4.78 is 19.0. The first-order valence-corrected chi connectivity index (χ1v) is 12.8. The third kappa shape index (κ3) is 7.69. The lowest BCUT2D eigenvalue weighted by Gasteiger charge is -2.37. The summed E-state index contributed by atoms with van der Waals surface area (Å²) in [5.41, 5.74) is 2.07. The average molecular weight is 508 g/mol. The van der Waals surface area contributed by atoms with Gasteiger partial charge < -0.3 is 24.1 Å². The van der Waals surface area contributed by atoms with Crippen molar-refractivity contribution < 1.29 is 19.0 Å². The van der Waals surface area contributed by atoms with Gasteiger partial charge in [-0.15, -0.1) is 0 Å². The highest BCUT2D eigenvalue weighted by Gasteiger charge is 2.32. The molecular weight excluding hydrogens is 470 g/mol. The number of aryl methyl sites for hydroxylation is 2. The first-order chi connectivity index (χ1) is 18.0. The number of hydrogen-bond acceptors (Lipinski definition) is 7. The van der Waals surface area contributed by atoms with E-state index in [0.717, 1.165) is 42.9 Å². The zero-order valence-corrected chi connectivity index (χ0v) is 21.9. The molecule has 1 aromatic carbocycles. The summed E-state index contributed by atoms with van der Waals surface area (Å²) in [7, 11) is 3.28. The SMILES string of the molecule is COc1ccc(CN2C[C@@H](COc3ccc(C)nc3)C[C@@H](C(=O)NCCCn3ccnc3)C2)cc1OC. The summed E-state index contributed by atoms with van der Waals surface area (Å²) in [5, 5.41) is 3.15. The minimum atomic E-state index is -0.105. The molecule has 2 aromatic heterocycles. The Hall–Kier alpha value is -3.59.